The second kappa shape index (κ2) is 7.26. The quantitative estimate of drug-likeness (QED) is 0.771. The minimum Gasteiger partial charge on any atom is -0.495 e. The Hall–Kier alpha value is -1.90. The molecule has 1 fully saturated rings. The molecule has 2 heterocycles. The first-order valence-corrected chi connectivity index (χ1v) is 10.7. The van der Waals surface area contributed by atoms with Crippen molar-refractivity contribution in [2.45, 2.75) is 24.2 Å². The smallest absolute Gasteiger partial charge is 0.246 e. The number of aryl methyl sites for hydroxylation is 2. The van der Waals surface area contributed by atoms with Crippen LogP contribution in [0.2, 0.25) is 5.02 Å². The van der Waals surface area contributed by atoms with Gasteiger partial charge in [-0.15, -0.1) is 5.10 Å². The van der Waals surface area contributed by atoms with Crippen LogP contribution in [0.1, 0.15) is 17.7 Å². The topological polar surface area (TPSA) is 75.6 Å². The molecule has 4 rings (SSSR count). The molecule has 0 unspecified atom stereocenters. The standard InChI is InChI=1S/C18H21ClN4O3S/c1-26-16-6-5-14(19)12-17(16)27(24,25)23-9-7-22(8-10-23)18-11-13-3-2-4-15(13)20-21-18/h5-6,11-12H,2-4,7-10H2,1H3. The third-order valence-corrected chi connectivity index (χ3v) is 7.27. The molecule has 1 saturated heterocycles. The number of aromatic nitrogens is 2. The lowest BCUT2D eigenvalue weighted by Crippen LogP contribution is -2.49. The highest BCUT2D eigenvalue weighted by molar-refractivity contribution is 7.89. The van der Waals surface area contributed by atoms with Gasteiger partial charge in [0, 0.05) is 31.2 Å². The number of benzene rings is 1. The molecule has 0 radical (unpaired) electrons. The van der Waals surface area contributed by atoms with Crippen LogP contribution < -0.4 is 9.64 Å². The van der Waals surface area contributed by atoms with Gasteiger partial charge in [0.25, 0.3) is 0 Å². The maximum absolute atomic E-state index is 13.1. The zero-order chi connectivity index (χ0) is 19.0. The molecule has 9 heteroatoms. The number of nitrogens with zero attached hydrogens (tertiary/aromatic N) is 4. The van der Waals surface area contributed by atoms with Crippen LogP contribution in [0.5, 0.6) is 5.75 Å². The Balaban J connectivity index is 1.51. The monoisotopic (exact) mass is 408 g/mol. The van der Waals surface area contributed by atoms with E-state index in [1.807, 2.05) is 0 Å². The van der Waals surface area contributed by atoms with Gasteiger partial charge in [-0.1, -0.05) is 11.6 Å². The Bertz CT molecular complexity index is 959. The lowest BCUT2D eigenvalue weighted by atomic mass is 10.2. The molecule has 0 spiro atoms. The van der Waals surface area contributed by atoms with Crippen molar-refractivity contribution >= 4 is 27.4 Å². The van der Waals surface area contributed by atoms with Crippen LogP contribution in [-0.2, 0) is 22.9 Å². The minimum absolute atomic E-state index is 0.100. The van der Waals surface area contributed by atoms with E-state index in [1.165, 1.54) is 23.0 Å². The van der Waals surface area contributed by atoms with Gasteiger partial charge in [0.2, 0.25) is 10.0 Å². The lowest BCUT2D eigenvalue weighted by Gasteiger charge is -2.34. The van der Waals surface area contributed by atoms with Crippen LogP contribution in [-0.4, -0.2) is 56.2 Å². The number of rotatable bonds is 4. The number of ether oxygens (including phenoxy) is 1. The molecule has 144 valence electrons. The molecule has 0 atom stereocenters. The Morgan fingerprint density at radius 2 is 1.85 bits per heavy atom. The Morgan fingerprint density at radius 1 is 1.07 bits per heavy atom. The first-order chi connectivity index (χ1) is 13.0. The first kappa shape index (κ1) is 18.5. The fourth-order valence-corrected chi connectivity index (χ4v) is 5.46. The highest BCUT2D eigenvalue weighted by Gasteiger charge is 2.31. The predicted octanol–water partition coefficient (Wildman–Crippen LogP) is 2.14. The van der Waals surface area contributed by atoms with E-state index < -0.39 is 10.0 Å². The van der Waals surface area contributed by atoms with E-state index in [-0.39, 0.29) is 4.90 Å². The van der Waals surface area contributed by atoms with Crippen LogP contribution in [0.4, 0.5) is 5.82 Å². The molecule has 0 amide bonds. The summed E-state index contributed by atoms with van der Waals surface area (Å²) in [5.41, 5.74) is 2.35. The second-order valence-corrected chi connectivity index (χ2v) is 9.06. The van der Waals surface area contributed by atoms with Crippen molar-refractivity contribution in [3.8, 4) is 5.75 Å². The van der Waals surface area contributed by atoms with E-state index in [2.05, 4.69) is 21.2 Å². The van der Waals surface area contributed by atoms with E-state index in [1.54, 1.807) is 12.1 Å². The Morgan fingerprint density at radius 3 is 2.59 bits per heavy atom. The highest BCUT2D eigenvalue weighted by atomic mass is 35.5. The summed E-state index contributed by atoms with van der Waals surface area (Å²) < 4.78 is 32.8. The third-order valence-electron chi connectivity index (χ3n) is 5.11. The van der Waals surface area contributed by atoms with Crippen molar-refractivity contribution in [3.63, 3.8) is 0 Å². The summed E-state index contributed by atoms with van der Waals surface area (Å²) >= 11 is 6.01. The number of fused-ring (bicyclic) bond motifs is 1. The first-order valence-electron chi connectivity index (χ1n) is 8.93. The van der Waals surface area contributed by atoms with E-state index >= 15 is 0 Å². The van der Waals surface area contributed by atoms with Gasteiger partial charge < -0.3 is 9.64 Å². The van der Waals surface area contributed by atoms with E-state index in [4.69, 9.17) is 16.3 Å². The molecule has 1 aromatic carbocycles. The molecular weight excluding hydrogens is 388 g/mol. The zero-order valence-corrected chi connectivity index (χ0v) is 16.6. The molecule has 0 N–H and O–H groups in total. The molecule has 1 aliphatic heterocycles. The minimum atomic E-state index is -3.68. The van der Waals surface area contributed by atoms with Crippen LogP contribution in [0.15, 0.2) is 29.2 Å². The van der Waals surface area contributed by atoms with Crippen LogP contribution in [0.25, 0.3) is 0 Å². The summed E-state index contributed by atoms with van der Waals surface area (Å²) in [6, 6.07) is 6.73. The number of hydrogen-bond acceptors (Lipinski definition) is 6. The summed E-state index contributed by atoms with van der Waals surface area (Å²) in [7, 11) is -2.23. The largest absolute Gasteiger partial charge is 0.495 e. The molecule has 0 bridgehead atoms. The highest BCUT2D eigenvalue weighted by Crippen LogP contribution is 2.30. The summed E-state index contributed by atoms with van der Waals surface area (Å²) in [5, 5.41) is 9.02. The molecule has 0 saturated carbocycles. The number of anilines is 1. The molecule has 2 aromatic rings. The number of piperazine rings is 1. The average Bonchev–Trinajstić information content (AvgIpc) is 3.16. The van der Waals surface area contributed by atoms with Crippen LogP contribution in [0.3, 0.4) is 0 Å². The normalized spacial score (nSPS) is 17.8. The number of halogens is 1. The number of sulfonamides is 1. The number of methoxy groups -OCH3 is 1. The zero-order valence-electron chi connectivity index (χ0n) is 15.1. The molecule has 7 nitrogen and oxygen atoms in total. The molecular formula is C18H21ClN4O3S. The SMILES string of the molecule is COc1ccc(Cl)cc1S(=O)(=O)N1CCN(c2cc3c(nn2)CCC3)CC1. The van der Waals surface area contributed by atoms with Gasteiger partial charge in [0.05, 0.1) is 12.8 Å². The molecule has 1 aliphatic carbocycles. The van der Waals surface area contributed by atoms with Crippen molar-refractivity contribution in [3.05, 3.63) is 40.5 Å². The fraction of sp³-hybridized carbons (Fsp3) is 0.444. The van der Waals surface area contributed by atoms with Crippen molar-refractivity contribution in [1.82, 2.24) is 14.5 Å². The molecule has 1 aromatic heterocycles. The number of hydrogen-bond donors (Lipinski definition) is 0. The summed E-state index contributed by atoms with van der Waals surface area (Å²) in [6.07, 6.45) is 3.16. The van der Waals surface area contributed by atoms with Gasteiger partial charge in [-0.2, -0.15) is 9.40 Å². The van der Waals surface area contributed by atoms with Gasteiger partial charge in [-0.3, -0.25) is 0 Å². The van der Waals surface area contributed by atoms with Gasteiger partial charge in [0.1, 0.15) is 10.6 Å². The fourth-order valence-electron chi connectivity index (χ4n) is 3.62. The maximum Gasteiger partial charge on any atom is 0.246 e. The maximum atomic E-state index is 13.1. The predicted molar refractivity (Wildman–Crippen MR) is 103 cm³/mol. The Labute approximate surface area is 164 Å². The van der Waals surface area contributed by atoms with Gasteiger partial charge in [-0.25, -0.2) is 8.42 Å². The van der Waals surface area contributed by atoms with Gasteiger partial charge in [0.15, 0.2) is 5.82 Å². The summed E-state index contributed by atoms with van der Waals surface area (Å²) in [6.45, 7) is 1.87. The van der Waals surface area contributed by atoms with Crippen molar-refractivity contribution < 1.29 is 13.2 Å². The van der Waals surface area contributed by atoms with E-state index in [0.717, 1.165) is 30.8 Å². The van der Waals surface area contributed by atoms with Crippen LogP contribution >= 0.6 is 11.6 Å². The van der Waals surface area contributed by atoms with E-state index in [9.17, 15) is 8.42 Å². The van der Waals surface area contributed by atoms with E-state index in [0.29, 0.717) is 37.0 Å². The molecule has 2 aliphatic rings. The lowest BCUT2D eigenvalue weighted by molar-refractivity contribution is 0.373. The van der Waals surface area contributed by atoms with Gasteiger partial charge >= 0.3 is 0 Å². The summed E-state index contributed by atoms with van der Waals surface area (Å²) in [5.74, 6) is 1.12. The van der Waals surface area contributed by atoms with Crippen molar-refractivity contribution in [2.24, 2.45) is 0 Å². The Kier molecular flexibility index (Phi) is 4.96. The third kappa shape index (κ3) is 3.49. The van der Waals surface area contributed by atoms with Crippen LogP contribution in [0, 0.1) is 0 Å². The average molecular weight is 409 g/mol. The van der Waals surface area contributed by atoms with Crippen molar-refractivity contribution in [2.75, 3.05) is 38.2 Å². The summed E-state index contributed by atoms with van der Waals surface area (Å²) in [4.78, 5) is 2.19. The molecule has 27 heavy (non-hydrogen) atoms. The van der Waals surface area contributed by atoms with Gasteiger partial charge in [-0.05, 0) is 49.1 Å². The van der Waals surface area contributed by atoms with Crippen molar-refractivity contribution in [1.29, 1.82) is 0 Å². The second-order valence-electron chi connectivity index (χ2n) is 6.71.